The summed E-state index contributed by atoms with van der Waals surface area (Å²) in [4.78, 5) is 42.3. The van der Waals surface area contributed by atoms with Gasteiger partial charge in [0.05, 0.1) is 42.1 Å². The van der Waals surface area contributed by atoms with Crippen LogP contribution in [0, 0.1) is 0 Å². The molecule has 5 N–H and O–H groups in total. The molecule has 4 unspecified atom stereocenters. The van der Waals surface area contributed by atoms with Crippen molar-refractivity contribution in [1.29, 1.82) is 0 Å². The predicted molar refractivity (Wildman–Crippen MR) is 158 cm³/mol. The number of likely N-dealkylation sites (N-methyl/N-ethyl adjacent to an activating group) is 1. The summed E-state index contributed by atoms with van der Waals surface area (Å²) in [5, 5.41) is 55.0. The highest BCUT2D eigenvalue weighted by Crippen LogP contribution is 2.52. The average molecular weight is 636 g/mol. The Bertz CT molecular complexity index is 1470. The SMILES string of the molecule is CCN(CC)C1CC(O[C@H]2C[C@](O)(C(=O)CO)Cc3c(O)c4c(c(O)c32)C(=O)c2c(OC)cccc2C4=O)OC(C)C1O.Cl. The highest BCUT2D eigenvalue weighted by Gasteiger charge is 2.50. The molecule has 6 atom stereocenters. The second kappa shape index (κ2) is 12.7. The molecule has 1 aliphatic heterocycles. The Balaban J connectivity index is 0.00000442. The van der Waals surface area contributed by atoms with Crippen molar-refractivity contribution < 1.29 is 54.1 Å². The molecule has 0 radical (unpaired) electrons. The summed E-state index contributed by atoms with van der Waals surface area (Å²) in [6.45, 7) is 5.90. The number of aromatic hydroxyl groups is 2. The van der Waals surface area contributed by atoms with Crippen molar-refractivity contribution in [2.75, 3.05) is 26.8 Å². The highest BCUT2D eigenvalue weighted by atomic mass is 35.5. The van der Waals surface area contributed by atoms with Gasteiger partial charge < -0.3 is 39.7 Å². The minimum absolute atomic E-state index is 0. The number of phenolic OH excluding ortho intramolecular Hbond substituents is 2. The summed E-state index contributed by atoms with van der Waals surface area (Å²) in [6.07, 6.45) is -4.57. The van der Waals surface area contributed by atoms with Crippen molar-refractivity contribution in [3.05, 3.63) is 51.6 Å². The molecule has 1 heterocycles. The van der Waals surface area contributed by atoms with Crippen LogP contribution < -0.4 is 4.74 Å². The van der Waals surface area contributed by atoms with E-state index in [1.807, 2.05) is 13.8 Å². The maximum absolute atomic E-state index is 13.8. The number of ketones is 3. The molecule has 5 rings (SSSR count). The first-order chi connectivity index (χ1) is 20.4. The number of fused-ring (bicyclic) bond motifs is 3. The fraction of sp³-hybridized carbons (Fsp3) is 0.516. The number of Topliss-reactive ketones (excluding diaryl/α,β-unsaturated/α-hetero) is 1. The molecule has 2 aromatic rings. The molecular weight excluding hydrogens is 598 g/mol. The number of hydrogen-bond donors (Lipinski definition) is 5. The topological polar surface area (TPSA) is 183 Å². The molecule has 2 aliphatic carbocycles. The van der Waals surface area contributed by atoms with Gasteiger partial charge in [0.1, 0.15) is 29.5 Å². The van der Waals surface area contributed by atoms with Gasteiger partial charge in [-0.25, -0.2) is 0 Å². The quantitative estimate of drug-likeness (QED) is 0.227. The average Bonchev–Trinajstić information content (AvgIpc) is 2.99. The van der Waals surface area contributed by atoms with Crippen molar-refractivity contribution in [2.45, 2.75) is 76.3 Å². The van der Waals surface area contributed by atoms with Crippen LogP contribution in [0.25, 0.3) is 0 Å². The van der Waals surface area contributed by atoms with Gasteiger partial charge in [-0.15, -0.1) is 12.4 Å². The fourth-order valence-corrected chi connectivity index (χ4v) is 6.75. The zero-order valence-corrected chi connectivity index (χ0v) is 25.7. The van der Waals surface area contributed by atoms with Crippen LogP contribution in [-0.4, -0.2) is 105 Å². The largest absolute Gasteiger partial charge is 0.507 e. The van der Waals surface area contributed by atoms with Gasteiger partial charge in [0.25, 0.3) is 0 Å². The van der Waals surface area contributed by atoms with Crippen LogP contribution >= 0.6 is 12.4 Å². The molecule has 0 aromatic heterocycles. The van der Waals surface area contributed by atoms with Crippen LogP contribution in [0.5, 0.6) is 17.2 Å². The molecule has 0 bridgehead atoms. The van der Waals surface area contributed by atoms with Crippen LogP contribution in [0.15, 0.2) is 18.2 Å². The van der Waals surface area contributed by atoms with Crippen molar-refractivity contribution in [1.82, 2.24) is 4.90 Å². The molecule has 44 heavy (non-hydrogen) atoms. The minimum Gasteiger partial charge on any atom is -0.507 e. The molecule has 0 spiro atoms. The lowest BCUT2D eigenvalue weighted by Crippen LogP contribution is -2.55. The minimum atomic E-state index is -2.23. The van der Waals surface area contributed by atoms with E-state index < -0.39 is 89.6 Å². The van der Waals surface area contributed by atoms with E-state index in [-0.39, 0.29) is 52.9 Å². The molecule has 13 heteroatoms. The third-order valence-electron chi connectivity index (χ3n) is 9.01. The van der Waals surface area contributed by atoms with Gasteiger partial charge in [0.2, 0.25) is 5.78 Å². The number of carbonyl (C=O) groups excluding carboxylic acids is 3. The second-order valence-corrected chi connectivity index (χ2v) is 11.3. The van der Waals surface area contributed by atoms with Gasteiger partial charge in [-0.3, -0.25) is 19.3 Å². The van der Waals surface area contributed by atoms with Gasteiger partial charge in [0.15, 0.2) is 17.9 Å². The molecule has 3 aliphatic rings. The van der Waals surface area contributed by atoms with E-state index in [4.69, 9.17) is 14.2 Å². The van der Waals surface area contributed by atoms with Crippen LogP contribution in [0.1, 0.15) is 82.7 Å². The van der Waals surface area contributed by atoms with Gasteiger partial charge >= 0.3 is 0 Å². The second-order valence-electron chi connectivity index (χ2n) is 11.3. The number of aliphatic hydroxyl groups is 3. The summed E-state index contributed by atoms with van der Waals surface area (Å²) in [5.74, 6) is -3.66. The highest BCUT2D eigenvalue weighted by molar-refractivity contribution is 6.31. The van der Waals surface area contributed by atoms with Gasteiger partial charge in [-0.05, 0) is 26.1 Å². The number of methoxy groups -OCH3 is 1. The van der Waals surface area contributed by atoms with Gasteiger partial charge in [0, 0.05) is 42.0 Å². The maximum Gasteiger partial charge on any atom is 0.202 e. The first-order valence-corrected chi connectivity index (χ1v) is 14.4. The van der Waals surface area contributed by atoms with E-state index in [1.165, 1.54) is 25.3 Å². The summed E-state index contributed by atoms with van der Waals surface area (Å²) < 4.78 is 17.5. The van der Waals surface area contributed by atoms with E-state index in [9.17, 15) is 39.9 Å². The standard InChI is InChI=1S/C31H37NO11.ClH/c1-5-32(6-2)17-10-21(42-14(3)26(17)35)43-19-12-31(40,20(34)13-33)11-16-23(19)30(39)25-24(28(16)37)27(36)15-8-7-9-18(41-4)22(15)29(25)38;/h7-9,14,17,19,21,26,33,35,37,39-40H,5-6,10-13H2,1-4H3;1H/t14?,17?,19-,21?,26?,31-;/m0./s1. The Hall–Kier alpha value is -3.10. The van der Waals surface area contributed by atoms with Crippen molar-refractivity contribution >= 4 is 29.8 Å². The smallest absolute Gasteiger partial charge is 0.202 e. The third kappa shape index (κ3) is 5.28. The Kier molecular flexibility index (Phi) is 9.77. The summed E-state index contributed by atoms with van der Waals surface area (Å²) in [5.41, 5.74) is -3.48. The first-order valence-electron chi connectivity index (χ1n) is 14.4. The number of aliphatic hydroxyl groups excluding tert-OH is 2. The molecule has 0 amide bonds. The third-order valence-corrected chi connectivity index (χ3v) is 9.01. The number of carbonyl (C=O) groups is 3. The van der Waals surface area contributed by atoms with Crippen molar-refractivity contribution in [3.63, 3.8) is 0 Å². The first kappa shape index (κ1) is 33.8. The Morgan fingerprint density at radius 2 is 1.75 bits per heavy atom. The fourth-order valence-electron chi connectivity index (χ4n) is 6.75. The molecule has 1 saturated heterocycles. The van der Waals surface area contributed by atoms with Gasteiger partial charge in [-0.1, -0.05) is 26.0 Å². The zero-order valence-electron chi connectivity index (χ0n) is 24.9. The lowest BCUT2D eigenvalue weighted by molar-refractivity contribution is -0.258. The van der Waals surface area contributed by atoms with Crippen molar-refractivity contribution in [2.24, 2.45) is 0 Å². The Labute approximate surface area is 260 Å². The Morgan fingerprint density at radius 1 is 1.09 bits per heavy atom. The lowest BCUT2D eigenvalue weighted by atomic mass is 9.72. The number of ether oxygens (including phenoxy) is 3. The number of benzene rings is 2. The molecule has 0 saturated carbocycles. The molecular formula is C31H38ClNO11. The molecule has 12 nitrogen and oxygen atoms in total. The number of halogens is 1. The van der Waals surface area contributed by atoms with Crippen LogP contribution in [0.4, 0.5) is 0 Å². The van der Waals surface area contributed by atoms with E-state index in [2.05, 4.69) is 4.90 Å². The van der Waals surface area contributed by atoms with Crippen LogP contribution in [0.3, 0.4) is 0 Å². The van der Waals surface area contributed by atoms with Crippen LogP contribution in [0.2, 0.25) is 0 Å². The monoisotopic (exact) mass is 635 g/mol. The van der Waals surface area contributed by atoms with E-state index in [0.717, 1.165) is 0 Å². The van der Waals surface area contributed by atoms with Crippen molar-refractivity contribution in [3.8, 4) is 17.2 Å². The number of phenols is 2. The molecule has 1 fully saturated rings. The summed E-state index contributed by atoms with van der Waals surface area (Å²) in [7, 11) is 1.34. The summed E-state index contributed by atoms with van der Waals surface area (Å²) in [6, 6.07) is 4.06. The van der Waals surface area contributed by atoms with E-state index >= 15 is 0 Å². The molecule has 2 aromatic carbocycles. The predicted octanol–water partition coefficient (Wildman–Crippen LogP) is 1.81. The maximum atomic E-state index is 13.8. The van der Waals surface area contributed by atoms with E-state index in [0.29, 0.717) is 13.1 Å². The number of hydrogen-bond acceptors (Lipinski definition) is 12. The van der Waals surface area contributed by atoms with Gasteiger partial charge in [-0.2, -0.15) is 0 Å². The zero-order chi connectivity index (χ0) is 31.4. The Morgan fingerprint density at radius 3 is 2.36 bits per heavy atom. The normalized spacial score (nSPS) is 27.7. The molecule has 240 valence electrons. The summed E-state index contributed by atoms with van der Waals surface area (Å²) >= 11 is 0. The number of nitrogens with zero attached hydrogens (tertiary/aromatic N) is 1. The van der Waals surface area contributed by atoms with Crippen LogP contribution in [-0.2, 0) is 20.7 Å². The number of rotatable bonds is 8. The lowest BCUT2D eigenvalue weighted by Gasteiger charge is -2.45. The van der Waals surface area contributed by atoms with E-state index in [1.54, 1.807) is 6.92 Å².